The number of hydrogen-bond donors (Lipinski definition) is 3. The summed E-state index contributed by atoms with van der Waals surface area (Å²) in [6, 6.07) is 5.06. The Hall–Kier alpha value is -1.20. The van der Waals surface area contributed by atoms with E-state index in [1.165, 1.54) is 19.2 Å². The second kappa shape index (κ2) is 8.78. The van der Waals surface area contributed by atoms with Crippen molar-refractivity contribution in [2.45, 2.75) is 81.9 Å². The highest BCUT2D eigenvalue weighted by Gasteiger charge is 2.65. The number of fused-ring (bicyclic) bond motifs is 2. The van der Waals surface area contributed by atoms with Gasteiger partial charge >= 0.3 is 0 Å². The van der Waals surface area contributed by atoms with Crippen molar-refractivity contribution < 1.29 is 26.7 Å². The van der Waals surface area contributed by atoms with Crippen LogP contribution in [0.15, 0.2) is 29.2 Å². The molecule has 33 heavy (non-hydrogen) atoms. The van der Waals surface area contributed by atoms with Crippen LogP contribution < -0.4 is 14.2 Å². The Bertz CT molecular complexity index is 1070. The van der Waals surface area contributed by atoms with Gasteiger partial charge in [0, 0.05) is 17.5 Å². The third-order valence-electron chi connectivity index (χ3n) is 8.61. The Kier molecular flexibility index (Phi) is 6.63. The zero-order chi connectivity index (χ0) is 24.1. The average molecular weight is 501 g/mol. The zero-order valence-electron chi connectivity index (χ0n) is 19.6. The maximum atomic E-state index is 13.3. The van der Waals surface area contributed by atoms with Gasteiger partial charge in [-0.3, -0.25) is 0 Å². The Morgan fingerprint density at radius 2 is 1.61 bits per heavy atom. The average Bonchev–Trinajstić information content (AvgIpc) is 3.09. The number of nitrogens with one attached hydrogen (secondary N) is 2. The normalized spacial score (nSPS) is 33.8. The second-order valence-electron chi connectivity index (χ2n) is 10.5. The number of aliphatic hydroxyl groups is 1. The molecule has 3 aliphatic carbocycles. The number of sulfonamides is 2. The van der Waals surface area contributed by atoms with E-state index in [4.69, 9.17) is 4.74 Å². The molecule has 3 fully saturated rings. The third-order valence-corrected chi connectivity index (χ3v) is 11.7. The molecule has 2 bridgehead atoms. The van der Waals surface area contributed by atoms with Gasteiger partial charge in [0.15, 0.2) is 0 Å². The van der Waals surface area contributed by atoms with Crippen molar-refractivity contribution in [3.63, 3.8) is 0 Å². The summed E-state index contributed by atoms with van der Waals surface area (Å²) in [5.74, 6) is 0.767. The Labute approximate surface area is 197 Å². The quantitative estimate of drug-likeness (QED) is 0.504. The molecule has 3 saturated carbocycles. The van der Waals surface area contributed by atoms with Gasteiger partial charge in [-0.2, -0.15) is 0 Å². The molecule has 0 aromatic heterocycles. The lowest BCUT2D eigenvalue weighted by atomic mass is 9.70. The van der Waals surface area contributed by atoms with Crippen LogP contribution in [0.3, 0.4) is 0 Å². The van der Waals surface area contributed by atoms with Crippen molar-refractivity contribution in [1.82, 2.24) is 9.44 Å². The van der Waals surface area contributed by atoms with Crippen LogP contribution in [0, 0.1) is 16.7 Å². The van der Waals surface area contributed by atoms with Crippen LogP contribution in [0.2, 0.25) is 0 Å². The summed E-state index contributed by atoms with van der Waals surface area (Å²) in [7, 11) is -6.04. The molecule has 186 valence electrons. The lowest BCUT2D eigenvalue weighted by molar-refractivity contribution is 0.0151. The number of hydrogen-bond acceptors (Lipinski definition) is 6. The van der Waals surface area contributed by atoms with Gasteiger partial charge in [0.05, 0.1) is 23.9 Å². The second-order valence-corrected chi connectivity index (χ2v) is 14.0. The van der Waals surface area contributed by atoms with Crippen molar-refractivity contribution >= 4 is 20.0 Å². The SMILES string of the molecule is COc1ccc(S(=O)(=O)N[C@@H]2CCCC[C@H]2NS(=O)(=O)C[C@]23CC[C@H](CC2O)C3(C)C)cc1. The molecule has 1 unspecified atom stereocenters. The highest BCUT2D eigenvalue weighted by molar-refractivity contribution is 7.89. The monoisotopic (exact) mass is 500 g/mol. The van der Waals surface area contributed by atoms with E-state index in [0.717, 1.165) is 19.3 Å². The van der Waals surface area contributed by atoms with Crippen LogP contribution in [-0.2, 0) is 20.0 Å². The lowest BCUT2D eigenvalue weighted by Crippen LogP contribution is -2.55. The predicted octanol–water partition coefficient (Wildman–Crippen LogP) is 2.39. The van der Waals surface area contributed by atoms with Gasteiger partial charge in [0.1, 0.15) is 5.75 Å². The van der Waals surface area contributed by atoms with E-state index in [1.54, 1.807) is 12.1 Å². The number of aliphatic hydroxyl groups excluding tert-OH is 1. The topological polar surface area (TPSA) is 122 Å². The number of methoxy groups -OCH3 is 1. The van der Waals surface area contributed by atoms with Crippen LogP contribution in [0.4, 0.5) is 0 Å². The molecule has 3 aliphatic rings. The summed E-state index contributed by atoms with van der Waals surface area (Å²) < 4.78 is 63.2. The molecule has 4 rings (SSSR count). The predicted molar refractivity (Wildman–Crippen MR) is 126 cm³/mol. The van der Waals surface area contributed by atoms with Crippen LogP contribution in [0.1, 0.15) is 58.8 Å². The largest absolute Gasteiger partial charge is 0.497 e. The zero-order valence-corrected chi connectivity index (χ0v) is 21.2. The molecule has 10 heteroatoms. The number of benzene rings is 1. The smallest absolute Gasteiger partial charge is 0.240 e. The van der Waals surface area contributed by atoms with E-state index in [2.05, 4.69) is 23.3 Å². The lowest BCUT2D eigenvalue weighted by Gasteiger charge is -2.41. The Balaban J connectivity index is 1.49. The number of rotatable bonds is 8. The fraction of sp³-hybridized carbons (Fsp3) is 0.739. The molecule has 3 N–H and O–H groups in total. The van der Waals surface area contributed by atoms with E-state index in [0.29, 0.717) is 37.4 Å². The van der Waals surface area contributed by atoms with Gasteiger partial charge < -0.3 is 9.84 Å². The minimum atomic E-state index is -3.81. The standard InChI is InChI=1S/C23H36N2O6S2/c1-22(2)16-12-13-23(22,21(26)14-16)15-32(27,28)24-19-6-4-5-7-20(19)25-33(29,30)18-10-8-17(31-3)9-11-18/h8-11,16,19-21,24-26H,4-7,12-15H2,1-3H3/t16-,19-,20-,21?,23-/m1/s1. The molecule has 0 spiro atoms. The van der Waals surface area contributed by atoms with E-state index in [-0.39, 0.29) is 16.1 Å². The van der Waals surface area contributed by atoms with Gasteiger partial charge in [-0.1, -0.05) is 26.7 Å². The molecule has 0 aliphatic heterocycles. The molecule has 5 atom stereocenters. The highest BCUT2D eigenvalue weighted by Crippen LogP contribution is 2.66. The van der Waals surface area contributed by atoms with E-state index >= 15 is 0 Å². The Morgan fingerprint density at radius 1 is 1.00 bits per heavy atom. The van der Waals surface area contributed by atoms with Crippen molar-refractivity contribution in [2.24, 2.45) is 16.7 Å². The first-order chi connectivity index (χ1) is 15.4. The molecule has 8 nitrogen and oxygen atoms in total. The summed E-state index contributed by atoms with van der Waals surface area (Å²) >= 11 is 0. The van der Waals surface area contributed by atoms with Crippen LogP contribution in [0.5, 0.6) is 5.75 Å². The maximum Gasteiger partial charge on any atom is 0.240 e. The molecule has 0 radical (unpaired) electrons. The van der Waals surface area contributed by atoms with E-state index in [1.807, 2.05) is 0 Å². The van der Waals surface area contributed by atoms with Gasteiger partial charge in [0.2, 0.25) is 20.0 Å². The maximum absolute atomic E-state index is 13.3. The molecule has 1 aromatic rings. The number of ether oxygens (including phenoxy) is 1. The molecule has 0 amide bonds. The molecule has 1 aromatic carbocycles. The summed E-state index contributed by atoms with van der Waals surface area (Å²) in [6.45, 7) is 4.14. The van der Waals surface area contributed by atoms with E-state index in [9.17, 15) is 21.9 Å². The van der Waals surface area contributed by atoms with Crippen LogP contribution in [0.25, 0.3) is 0 Å². The summed E-state index contributed by atoms with van der Waals surface area (Å²) in [5.41, 5.74) is -0.903. The summed E-state index contributed by atoms with van der Waals surface area (Å²) in [5, 5.41) is 10.8. The van der Waals surface area contributed by atoms with Gasteiger partial charge in [-0.25, -0.2) is 26.3 Å². The van der Waals surface area contributed by atoms with Crippen molar-refractivity contribution in [3.8, 4) is 5.75 Å². The van der Waals surface area contributed by atoms with Gasteiger partial charge in [-0.15, -0.1) is 0 Å². The molecular formula is C23H36N2O6S2. The van der Waals surface area contributed by atoms with Crippen LogP contribution >= 0.6 is 0 Å². The highest BCUT2D eigenvalue weighted by atomic mass is 32.2. The minimum absolute atomic E-state index is 0.113. The van der Waals surface area contributed by atoms with E-state index < -0.39 is 43.6 Å². The van der Waals surface area contributed by atoms with Crippen molar-refractivity contribution in [1.29, 1.82) is 0 Å². The fourth-order valence-corrected chi connectivity index (χ4v) is 9.95. The van der Waals surface area contributed by atoms with Crippen molar-refractivity contribution in [3.05, 3.63) is 24.3 Å². The van der Waals surface area contributed by atoms with Crippen molar-refractivity contribution in [2.75, 3.05) is 12.9 Å². The first-order valence-corrected chi connectivity index (χ1v) is 14.9. The molecular weight excluding hydrogens is 464 g/mol. The summed E-state index contributed by atoms with van der Waals surface area (Å²) in [4.78, 5) is 0.113. The Morgan fingerprint density at radius 3 is 2.12 bits per heavy atom. The molecule has 0 saturated heterocycles. The first kappa shape index (κ1) is 24.9. The van der Waals surface area contributed by atoms with Crippen LogP contribution in [-0.4, -0.2) is 53.0 Å². The van der Waals surface area contributed by atoms with Gasteiger partial charge in [-0.05, 0) is 67.7 Å². The first-order valence-electron chi connectivity index (χ1n) is 11.7. The molecule has 0 heterocycles. The third kappa shape index (κ3) is 4.57. The summed E-state index contributed by atoms with van der Waals surface area (Å²) in [6.07, 6.45) is 4.44. The van der Waals surface area contributed by atoms with Gasteiger partial charge in [0.25, 0.3) is 0 Å². The fourth-order valence-electron chi connectivity index (χ4n) is 6.43. The minimum Gasteiger partial charge on any atom is -0.497 e.